The maximum absolute atomic E-state index is 11.3. The summed E-state index contributed by atoms with van der Waals surface area (Å²) >= 11 is 0. The van der Waals surface area contributed by atoms with E-state index in [4.69, 9.17) is 0 Å². The third-order valence-electron chi connectivity index (χ3n) is 3.86. The summed E-state index contributed by atoms with van der Waals surface area (Å²) in [7, 11) is 0. The van der Waals surface area contributed by atoms with Crippen molar-refractivity contribution in [1.82, 2.24) is 0 Å². The lowest BCUT2D eigenvalue weighted by atomic mass is 9.68. The van der Waals surface area contributed by atoms with Gasteiger partial charge in [-0.05, 0) is 36.2 Å². The van der Waals surface area contributed by atoms with Crippen LogP contribution in [0.15, 0.2) is 17.9 Å². The molecule has 0 aromatic carbocycles. The zero-order valence-corrected chi connectivity index (χ0v) is 8.23. The van der Waals surface area contributed by atoms with Gasteiger partial charge in [-0.1, -0.05) is 13.5 Å². The summed E-state index contributed by atoms with van der Waals surface area (Å²) in [5.41, 5.74) is 4.71. The van der Waals surface area contributed by atoms with Gasteiger partial charge in [0.05, 0.1) is 0 Å². The van der Waals surface area contributed by atoms with Gasteiger partial charge in [-0.25, -0.2) is 0 Å². The topological polar surface area (TPSA) is 17.1 Å². The Bertz CT molecular complexity index is 296. The van der Waals surface area contributed by atoms with Crippen LogP contribution in [0, 0.1) is 11.3 Å². The molecule has 2 aliphatic carbocycles. The van der Waals surface area contributed by atoms with Crippen molar-refractivity contribution in [2.75, 3.05) is 0 Å². The van der Waals surface area contributed by atoms with Crippen molar-refractivity contribution in [3.8, 4) is 0 Å². The lowest BCUT2D eigenvalue weighted by Gasteiger charge is -2.35. The van der Waals surface area contributed by atoms with Crippen LogP contribution in [0.2, 0.25) is 0 Å². The number of allylic oxidation sites excluding steroid dienone is 1. The van der Waals surface area contributed by atoms with E-state index in [1.54, 1.807) is 0 Å². The van der Waals surface area contributed by atoms with Crippen LogP contribution in [0.1, 0.15) is 39.0 Å². The molecule has 0 saturated heterocycles. The van der Waals surface area contributed by atoms with E-state index in [1.165, 1.54) is 12.0 Å². The Balaban J connectivity index is 2.31. The van der Waals surface area contributed by atoms with Crippen LogP contribution >= 0.6 is 0 Å². The molecule has 0 radical (unpaired) electrons. The largest absolute Gasteiger partial charge is 0.300 e. The summed E-state index contributed by atoms with van der Waals surface area (Å²) in [5.74, 6) is 0.892. The predicted molar refractivity (Wildman–Crippen MR) is 52.3 cm³/mol. The first-order valence-corrected chi connectivity index (χ1v) is 5.06. The van der Waals surface area contributed by atoms with Crippen LogP contribution in [0.4, 0.5) is 0 Å². The maximum atomic E-state index is 11.3. The highest BCUT2D eigenvalue weighted by molar-refractivity contribution is 5.80. The molecule has 2 fully saturated rings. The van der Waals surface area contributed by atoms with Crippen molar-refractivity contribution in [3.63, 3.8) is 0 Å². The molecule has 0 bridgehead atoms. The Morgan fingerprint density at radius 1 is 1.46 bits per heavy atom. The molecular weight excluding hydrogens is 160 g/mol. The Morgan fingerprint density at radius 3 is 2.85 bits per heavy atom. The highest BCUT2D eigenvalue weighted by Crippen LogP contribution is 2.53. The molecule has 0 aromatic heterocycles. The molecule has 13 heavy (non-hydrogen) atoms. The van der Waals surface area contributed by atoms with Crippen molar-refractivity contribution >= 4 is 5.78 Å². The van der Waals surface area contributed by atoms with Crippen LogP contribution in [0.25, 0.3) is 0 Å². The number of rotatable bonds is 0. The standard InChI is InChI=1S/C12H16O/c1-3-9-4-6-12(2)7-5-10(13)8-11(9)12/h11H,1,4-8H2,2H3/t11-,12-/m1/s1. The van der Waals surface area contributed by atoms with Crippen molar-refractivity contribution < 1.29 is 4.79 Å². The fraction of sp³-hybridized carbons (Fsp3) is 0.667. The van der Waals surface area contributed by atoms with E-state index in [-0.39, 0.29) is 0 Å². The summed E-state index contributed by atoms with van der Waals surface area (Å²) in [5, 5.41) is 0. The minimum absolute atomic E-state index is 0.383. The molecule has 0 aromatic rings. The molecule has 2 aliphatic rings. The fourth-order valence-corrected chi connectivity index (χ4v) is 2.82. The number of Topliss-reactive ketones (excluding diaryl/α,β-unsaturated/α-hetero) is 1. The van der Waals surface area contributed by atoms with Crippen LogP contribution in [-0.2, 0) is 4.79 Å². The van der Waals surface area contributed by atoms with Gasteiger partial charge in [0.15, 0.2) is 0 Å². The van der Waals surface area contributed by atoms with E-state index in [0.717, 1.165) is 25.7 Å². The van der Waals surface area contributed by atoms with Crippen molar-refractivity contribution in [2.24, 2.45) is 11.3 Å². The van der Waals surface area contributed by atoms with Gasteiger partial charge in [-0.2, -0.15) is 0 Å². The van der Waals surface area contributed by atoms with Crippen LogP contribution < -0.4 is 0 Å². The van der Waals surface area contributed by atoms with Crippen LogP contribution in [0.3, 0.4) is 0 Å². The number of carbonyl (C=O) groups excluding carboxylic acids is 1. The highest BCUT2D eigenvalue weighted by atomic mass is 16.1. The molecule has 0 N–H and O–H groups in total. The quantitative estimate of drug-likeness (QED) is 0.519. The molecule has 1 nitrogen and oxygen atoms in total. The zero-order chi connectivity index (χ0) is 9.47. The molecule has 0 aliphatic heterocycles. The first kappa shape index (κ1) is 8.77. The summed E-state index contributed by atoms with van der Waals surface area (Å²) in [6, 6.07) is 0. The third-order valence-corrected chi connectivity index (χ3v) is 3.86. The second kappa shape index (κ2) is 2.85. The first-order valence-electron chi connectivity index (χ1n) is 5.06. The molecule has 2 atom stereocenters. The Labute approximate surface area is 79.5 Å². The lowest BCUT2D eigenvalue weighted by Crippen LogP contribution is -2.30. The molecule has 0 amide bonds. The van der Waals surface area contributed by atoms with Gasteiger partial charge in [0, 0.05) is 12.8 Å². The van der Waals surface area contributed by atoms with Gasteiger partial charge >= 0.3 is 0 Å². The first-order chi connectivity index (χ1) is 6.15. The smallest absolute Gasteiger partial charge is 0.133 e. The van der Waals surface area contributed by atoms with Crippen molar-refractivity contribution in [3.05, 3.63) is 17.9 Å². The van der Waals surface area contributed by atoms with E-state index in [9.17, 15) is 4.79 Å². The fourth-order valence-electron chi connectivity index (χ4n) is 2.82. The summed E-state index contributed by atoms with van der Waals surface area (Å²) in [6.07, 6.45) is 4.94. The lowest BCUT2D eigenvalue weighted by molar-refractivity contribution is -0.123. The molecule has 2 saturated carbocycles. The number of carbonyl (C=O) groups is 1. The number of ketones is 1. The number of hydrogen-bond donors (Lipinski definition) is 0. The van der Waals surface area contributed by atoms with Gasteiger partial charge in [-0.15, -0.1) is 5.73 Å². The minimum Gasteiger partial charge on any atom is -0.300 e. The maximum Gasteiger partial charge on any atom is 0.133 e. The van der Waals surface area contributed by atoms with Crippen LogP contribution in [0.5, 0.6) is 0 Å². The molecule has 0 unspecified atom stereocenters. The normalized spacial score (nSPS) is 38.7. The number of hydrogen-bond acceptors (Lipinski definition) is 1. The monoisotopic (exact) mass is 176 g/mol. The molecule has 0 spiro atoms. The van der Waals surface area contributed by atoms with E-state index >= 15 is 0 Å². The Kier molecular flexibility index (Phi) is 1.92. The second-order valence-corrected chi connectivity index (χ2v) is 4.65. The van der Waals surface area contributed by atoms with E-state index in [0.29, 0.717) is 17.1 Å². The van der Waals surface area contributed by atoms with E-state index in [1.807, 2.05) is 0 Å². The Morgan fingerprint density at radius 2 is 2.15 bits per heavy atom. The van der Waals surface area contributed by atoms with Gasteiger partial charge in [-0.3, -0.25) is 4.79 Å². The Hall–Kier alpha value is -0.810. The van der Waals surface area contributed by atoms with E-state index < -0.39 is 0 Å². The van der Waals surface area contributed by atoms with Gasteiger partial charge in [0.25, 0.3) is 0 Å². The SMILES string of the molecule is C=C=C1CC[C@]2(C)CCC(=O)C[C@H]12. The van der Waals surface area contributed by atoms with Gasteiger partial charge in [0.1, 0.15) is 5.78 Å². The zero-order valence-electron chi connectivity index (χ0n) is 8.23. The predicted octanol–water partition coefficient (Wildman–Crippen LogP) is 2.87. The van der Waals surface area contributed by atoms with Crippen LogP contribution in [-0.4, -0.2) is 5.78 Å². The summed E-state index contributed by atoms with van der Waals surface area (Å²) < 4.78 is 0. The molecule has 70 valence electrons. The molecule has 2 rings (SSSR count). The molecule has 1 heteroatoms. The van der Waals surface area contributed by atoms with Gasteiger partial charge < -0.3 is 0 Å². The molecular formula is C12H16O. The number of fused-ring (bicyclic) bond motifs is 1. The molecule has 0 heterocycles. The van der Waals surface area contributed by atoms with Gasteiger partial charge in [0.2, 0.25) is 0 Å². The highest BCUT2D eigenvalue weighted by Gasteiger charge is 2.45. The summed E-state index contributed by atoms with van der Waals surface area (Å²) in [4.78, 5) is 11.3. The van der Waals surface area contributed by atoms with Crippen molar-refractivity contribution in [2.45, 2.75) is 39.0 Å². The average Bonchev–Trinajstić information content (AvgIpc) is 2.43. The second-order valence-electron chi connectivity index (χ2n) is 4.65. The van der Waals surface area contributed by atoms with E-state index in [2.05, 4.69) is 19.2 Å². The van der Waals surface area contributed by atoms with Crippen molar-refractivity contribution in [1.29, 1.82) is 0 Å². The third kappa shape index (κ3) is 1.28. The minimum atomic E-state index is 0.383. The average molecular weight is 176 g/mol. The summed E-state index contributed by atoms with van der Waals surface area (Å²) in [6.45, 7) is 6.03.